The van der Waals surface area contributed by atoms with Crippen molar-refractivity contribution in [2.24, 2.45) is 0 Å². The number of rotatable bonds is 4. The van der Waals surface area contributed by atoms with Crippen LogP contribution < -0.4 is 15.3 Å². The Bertz CT molecular complexity index is 3050. The van der Waals surface area contributed by atoms with Crippen LogP contribution in [0.3, 0.4) is 0 Å². The van der Waals surface area contributed by atoms with Crippen LogP contribution in [0.2, 0.25) is 13.1 Å². The Morgan fingerprint density at radius 2 is 1.17 bits per heavy atom. The van der Waals surface area contributed by atoms with E-state index in [0.29, 0.717) is 0 Å². The maximum Gasteiger partial charge on any atom is 0.135 e. The van der Waals surface area contributed by atoms with Gasteiger partial charge in [-0.15, -0.1) is 11.3 Å². The van der Waals surface area contributed by atoms with E-state index in [1.54, 1.807) is 0 Å². The normalized spacial score (nSPS) is 13.3. The van der Waals surface area contributed by atoms with E-state index >= 15 is 0 Å². The van der Waals surface area contributed by atoms with Gasteiger partial charge in [-0.25, -0.2) is 0 Å². The lowest BCUT2D eigenvalue weighted by molar-refractivity contribution is 0.669. The quantitative estimate of drug-likeness (QED) is 0.170. The highest BCUT2D eigenvalue weighted by molar-refractivity contribution is 7.26. The highest BCUT2D eigenvalue weighted by Crippen LogP contribution is 2.45. The number of hydrogen-bond donors (Lipinski definition) is 0. The van der Waals surface area contributed by atoms with Crippen LogP contribution in [0.25, 0.3) is 75.1 Å². The molecule has 0 amide bonds. The third-order valence-electron chi connectivity index (χ3n) is 11.3. The van der Waals surface area contributed by atoms with E-state index in [4.69, 9.17) is 4.42 Å². The highest BCUT2D eigenvalue weighted by Gasteiger charge is 2.39. The molecular weight excluding hydrogens is 667 g/mol. The molecule has 0 unspecified atom stereocenters. The summed E-state index contributed by atoms with van der Waals surface area (Å²) in [7, 11) is -2.01. The van der Waals surface area contributed by atoms with E-state index < -0.39 is 8.07 Å². The fourth-order valence-electron chi connectivity index (χ4n) is 8.70. The smallest absolute Gasteiger partial charge is 0.135 e. The average molecular weight is 700 g/mol. The molecule has 1 aliphatic rings. The zero-order valence-corrected chi connectivity index (χ0v) is 30.7. The third-order valence-corrected chi connectivity index (χ3v) is 16.0. The van der Waals surface area contributed by atoms with Crippen LogP contribution >= 0.6 is 11.3 Å². The Kier molecular flexibility index (Phi) is 6.31. The fraction of sp³-hybridized carbons (Fsp3) is 0.0417. The molecule has 0 atom stereocenters. The molecule has 8 aromatic carbocycles. The Labute approximate surface area is 306 Å². The van der Waals surface area contributed by atoms with Gasteiger partial charge in [0.05, 0.1) is 0 Å². The zero-order valence-electron chi connectivity index (χ0n) is 28.9. The molecule has 0 saturated carbocycles. The fourth-order valence-corrected chi connectivity index (χ4v) is 13.1. The van der Waals surface area contributed by atoms with Gasteiger partial charge >= 0.3 is 0 Å². The van der Waals surface area contributed by atoms with Gasteiger partial charge in [-0.05, 0) is 98.0 Å². The maximum atomic E-state index is 6.27. The molecule has 0 fully saturated rings. The lowest BCUT2D eigenvalue weighted by Gasteiger charge is -2.28. The molecule has 4 heteroatoms. The van der Waals surface area contributed by atoms with E-state index in [0.717, 1.165) is 33.3 Å². The van der Waals surface area contributed by atoms with E-state index in [-0.39, 0.29) is 0 Å². The standard InChI is InChI=1S/C48H33NOSSi/c1-52(2)45-27-25-39-38-14-6-8-17-44(38)51-48(39)47(45)40-24-22-34(29-46(40)52)49(33-23-26-43-41(28-33)37-13-5-7-16-42(37)50-43)32-20-18-31(19-21-32)36-15-9-11-30-10-3-4-12-35(30)36/h3-29H,1-2H3. The first-order valence-electron chi connectivity index (χ1n) is 17.9. The molecule has 0 bridgehead atoms. The lowest BCUT2D eigenvalue weighted by Crippen LogP contribution is -2.49. The second-order valence-electron chi connectivity index (χ2n) is 14.5. The molecule has 10 aromatic rings. The van der Waals surface area contributed by atoms with Crippen molar-refractivity contribution in [2.75, 3.05) is 4.90 Å². The molecule has 246 valence electrons. The first kappa shape index (κ1) is 29.8. The summed E-state index contributed by atoms with van der Waals surface area (Å²) in [5.41, 5.74) is 10.5. The summed E-state index contributed by atoms with van der Waals surface area (Å²) >= 11 is 1.94. The largest absolute Gasteiger partial charge is 0.456 e. The summed E-state index contributed by atoms with van der Waals surface area (Å²) < 4.78 is 9.04. The van der Waals surface area contributed by atoms with Crippen molar-refractivity contribution in [2.45, 2.75) is 13.1 Å². The van der Waals surface area contributed by atoms with Crippen molar-refractivity contribution in [3.8, 4) is 22.3 Å². The first-order valence-corrected chi connectivity index (χ1v) is 21.7. The number of nitrogens with zero attached hydrogens (tertiary/aromatic N) is 1. The molecule has 0 saturated heterocycles. The van der Waals surface area contributed by atoms with Crippen LogP contribution in [0.1, 0.15) is 0 Å². The molecule has 0 radical (unpaired) electrons. The molecule has 11 rings (SSSR count). The average Bonchev–Trinajstić information content (AvgIpc) is 3.82. The van der Waals surface area contributed by atoms with Crippen LogP contribution in [0.4, 0.5) is 17.1 Å². The number of furan rings is 1. The van der Waals surface area contributed by atoms with Crippen LogP contribution in [-0.2, 0) is 0 Å². The molecule has 0 spiro atoms. The van der Waals surface area contributed by atoms with Gasteiger partial charge in [-0.3, -0.25) is 0 Å². The topological polar surface area (TPSA) is 16.4 Å². The zero-order chi connectivity index (χ0) is 34.6. The van der Waals surface area contributed by atoms with Gasteiger partial charge in [0, 0.05) is 48.0 Å². The van der Waals surface area contributed by atoms with E-state index in [1.807, 2.05) is 17.4 Å². The summed E-state index contributed by atoms with van der Waals surface area (Å²) in [6, 6.07) is 60.2. The van der Waals surface area contributed by atoms with Crippen molar-refractivity contribution >= 4 is 99.7 Å². The summed E-state index contributed by atoms with van der Waals surface area (Å²) in [6.07, 6.45) is 0. The summed E-state index contributed by atoms with van der Waals surface area (Å²) in [4.78, 5) is 2.43. The van der Waals surface area contributed by atoms with Gasteiger partial charge in [0.25, 0.3) is 0 Å². The van der Waals surface area contributed by atoms with Crippen LogP contribution in [0.15, 0.2) is 168 Å². The van der Waals surface area contributed by atoms with Crippen molar-refractivity contribution in [1.29, 1.82) is 0 Å². The number of thiophene rings is 1. The highest BCUT2D eigenvalue weighted by atomic mass is 32.1. The molecule has 2 aromatic heterocycles. The van der Waals surface area contributed by atoms with Crippen molar-refractivity contribution in [3.63, 3.8) is 0 Å². The van der Waals surface area contributed by atoms with Gasteiger partial charge in [-0.2, -0.15) is 0 Å². The number of fused-ring (bicyclic) bond motifs is 11. The van der Waals surface area contributed by atoms with Gasteiger partial charge < -0.3 is 9.32 Å². The summed E-state index contributed by atoms with van der Waals surface area (Å²) in [5, 5.41) is 10.5. The SMILES string of the molecule is C[Si]1(C)c2cc(N(c3ccc(-c4cccc5ccccc45)cc3)c3ccc4oc5ccccc5c4c3)ccc2-c2c1ccc1c2sc2ccccc21. The van der Waals surface area contributed by atoms with Crippen molar-refractivity contribution in [3.05, 3.63) is 164 Å². The third kappa shape index (κ3) is 4.29. The summed E-state index contributed by atoms with van der Waals surface area (Å²) in [6.45, 7) is 5.04. The molecule has 1 aliphatic heterocycles. The molecule has 3 heterocycles. The van der Waals surface area contributed by atoms with E-state index in [9.17, 15) is 0 Å². The Balaban J connectivity index is 1.10. The Morgan fingerprint density at radius 1 is 0.481 bits per heavy atom. The lowest BCUT2D eigenvalue weighted by atomic mass is 9.98. The predicted octanol–water partition coefficient (Wildman–Crippen LogP) is 13.0. The Morgan fingerprint density at radius 3 is 2.06 bits per heavy atom. The minimum Gasteiger partial charge on any atom is -0.456 e. The van der Waals surface area contributed by atoms with Crippen LogP contribution in [0, 0.1) is 0 Å². The second kappa shape index (κ2) is 11.0. The second-order valence-corrected chi connectivity index (χ2v) is 19.9. The summed E-state index contributed by atoms with van der Waals surface area (Å²) in [5.74, 6) is 0. The predicted molar refractivity (Wildman–Crippen MR) is 226 cm³/mol. The van der Waals surface area contributed by atoms with Crippen LogP contribution in [0.5, 0.6) is 0 Å². The first-order chi connectivity index (χ1) is 25.5. The number of benzene rings is 8. The van der Waals surface area contributed by atoms with Gasteiger partial charge in [0.15, 0.2) is 0 Å². The minimum atomic E-state index is -2.01. The van der Waals surface area contributed by atoms with Crippen molar-refractivity contribution in [1.82, 2.24) is 0 Å². The molecule has 2 nitrogen and oxygen atoms in total. The van der Waals surface area contributed by atoms with E-state index in [2.05, 4.69) is 176 Å². The number of anilines is 3. The number of hydrogen-bond acceptors (Lipinski definition) is 3. The van der Waals surface area contributed by atoms with Gasteiger partial charge in [0.1, 0.15) is 19.2 Å². The number of para-hydroxylation sites is 1. The van der Waals surface area contributed by atoms with Crippen LogP contribution in [-0.4, -0.2) is 8.07 Å². The molecule has 0 N–H and O–H groups in total. The molecular formula is C48H33NOSSi. The maximum absolute atomic E-state index is 6.27. The minimum absolute atomic E-state index is 0.904. The molecule has 0 aliphatic carbocycles. The van der Waals surface area contributed by atoms with Crippen molar-refractivity contribution < 1.29 is 4.42 Å². The van der Waals surface area contributed by atoms with Gasteiger partial charge in [-0.1, -0.05) is 122 Å². The van der Waals surface area contributed by atoms with Gasteiger partial charge in [0.2, 0.25) is 0 Å². The van der Waals surface area contributed by atoms with E-state index in [1.165, 1.54) is 69.3 Å². The Hall–Kier alpha value is -5.94. The molecule has 52 heavy (non-hydrogen) atoms. The monoisotopic (exact) mass is 699 g/mol.